The molecule has 1 saturated heterocycles. The number of para-hydroxylation sites is 1. The Balaban J connectivity index is 2.10. The summed E-state index contributed by atoms with van der Waals surface area (Å²) in [6.45, 7) is 0.807. The van der Waals surface area contributed by atoms with Crippen molar-refractivity contribution in [2.75, 3.05) is 24.7 Å². The van der Waals surface area contributed by atoms with Gasteiger partial charge in [0.2, 0.25) is 0 Å². The van der Waals surface area contributed by atoms with Crippen LogP contribution in [-0.2, 0) is 9.53 Å². The third kappa shape index (κ3) is 3.10. The smallest absolute Gasteiger partial charge is 0.253 e. The highest BCUT2D eigenvalue weighted by atomic mass is 79.9. The minimum Gasteiger partial charge on any atom is -0.396 e. The lowest BCUT2D eigenvalue weighted by molar-refractivity contribution is -0.129. The first kappa shape index (κ1) is 13.5. The van der Waals surface area contributed by atoms with Gasteiger partial charge in [0.15, 0.2) is 0 Å². The molecule has 1 aliphatic heterocycles. The highest BCUT2D eigenvalue weighted by Gasteiger charge is 2.27. The van der Waals surface area contributed by atoms with Crippen LogP contribution in [-0.4, -0.2) is 36.9 Å². The summed E-state index contributed by atoms with van der Waals surface area (Å²) in [5, 5.41) is 8.83. The molecule has 1 heterocycles. The predicted molar refractivity (Wildman–Crippen MR) is 72.6 cm³/mol. The van der Waals surface area contributed by atoms with E-state index in [9.17, 15) is 4.79 Å². The minimum atomic E-state index is -0.0258. The highest BCUT2D eigenvalue weighted by molar-refractivity contribution is 9.10. The number of carbonyl (C=O) groups excluding carboxylic acids is 1. The van der Waals surface area contributed by atoms with E-state index >= 15 is 0 Å². The van der Waals surface area contributed by atoms with Crippen molar-refractivity contribution in [3.05, 3.63) is 28.7 Å². The van der Waals surface area contributed by atoms with Crippen LogP contribution in [0.1, 0.15) is 12.8 Å². The summed E-state index contributed by atoms with van der Waals surface area (Å²) in [5.41, 5.74) is 0.875. The van der Waals surface area contributed by atoms with Crippen molar-refractivity contribution < 1.29 is 14.6 Å². The Bertz CT molecular complexity index is 424. The Hall–Kier alpha value is -0.910. The lowest BCUT2D eigenvalue weighted by atomic mass is 10.1. The lowest BCUT2D eigenvalue weighted by Gasteiger charge is -2.33. The Morgan fingerprint density at radius 1 is 1.44 bits per heavy atom. The summed E-state index contributed by atoms with van der Waals surface area (Å²) < 4.78 is 6.37. The first-order valence-electron chi connectivity index (χ1n) is 5.99. The second-order valence-electron chi connectivity index (χ2n) is 4.25. The van der Waals surface area contributed by atoms with Gasteiger partial charge in [0.1, 0.15) is 6.61 Å². The Kier molecular flexibility index (Phi) is 4.74. The summed E-state index contributed by atoms with van der Waals surface area (Å²) in [7, 11) is 0. The molecule has 1 fully saturated rings. The third-order valence-electron chi connectivity index (χ3n) is 2.96. The molecular weight excluding hydrogens is 298 g/mol. The van der Waals surface area contributed by atoms with Crippen molar-refractivity contribution in [2.45, 2.75) is 18.9 Å². The molecule has 0 saturated carbocycles. The van der Waals surface area contributed by atoms with E-state index in [0.29, 0.717) is 13.0 Å². The fourth-order valence-corrected chi connectivity index (χ4v) is 2.52. The molecule has 1 N–H and O–H groups in total. The van der Waals surface area contributed by atoms with Gasteiger partial charge in [-0.15, -0.1) is 0 Å². The molecule has 1 amide bonds. The molecule has 0 aliphatic carbocycles. The molecule has 0 aromatic heterocycles. The molecule has 1 unspecified atom stereocenters. The average Bonchev–Trinajstić information content (AvgIpc) is 2.39. The molecule has 4 nitrogen and oxygen atoms in total. The van der Waals surface area contributed by atoms with Gasteiger partial charge in [0.25, 0.3) is 5.91 Å². The maximum absolute atomic E-state index is 11.9. The van der Waals surface area contributed by atoms with Crippen LogP contribution in [0.15, 0.2) is 28.7 Å². The summed E-state index contributed by atoms with van der Waals surface area (Å²) >= 11 is 3.46. The number of halogens is 1. The number of nitrogens with zero attached hydrogens (tertiary/aromatic N) is 1. The number of aliphatic hydroxyl groups is 1. The van der Waals surface area contributed by atoms with E-state index in [2.05, 4.69) is 15.9 Å². The number of morpholine rings is 1. The van der Waals surface area contributed by atoms with Gasteiger partial charge < -0.3 is 14.7 Å². The average molecular weight is 314 g/mol. The van der Waals surface area contributed by atoms with E-state index in [1.54, 1.807) is 4.90 Å². The van der Waals surface area contributed by atoms with E-state index in [4.69, 9.17) is 9.84 Å². The van der Waals surface area contributed by atoms with Gasteiger partial charge in [0, 0.05) is 11.1 Å². The van der Waals surface area contributed by atoms with E-state index < -0.39 is 0 Å². The Labute approximate surface area is 115 Å². The summed E-state index contributed by atoms with van der Waals surface area (Å²) in [6, 6.07) is 7.66. The fourth-order valence-electron chi connectivity index (χ4n) is 2.02. The Morgan fingerprint density at radius 2 is 2.22 bits per heavy atom. The van der Waals surface area contributed by atoms with Gasteiger partial charge in [-0.3, -0.25) is 4.79 Å². The maximum Gasteiger partial charge on any atom is 0.253 e. The zero-order chi connectivity index (χ0) is 13.0. The monoisotopic (exact) mass is 313 g/mol. The summed E-state index contributed by atoms with van der Waals surface area (Å²) in [5.74, 6) is -0.0258. The number of benzene rings is 1. The number of ether oxygens (including phenoxy) is 1. The molecule has 0 spiro atoms. The molecule has 0 radical (unpaired) electrons. The molecule has 98 valence electrons. The number of hydrogen-bond donors (Lipinski definition) is 1. The van der Waals surface area contributed by atoms with Crippen LogP contribution in [0.4, 0.5) is 5.69 Å². The van der Waals surface area contributed by atoms with Gasteiger partial charge in [-0.05, 0) is 40.9 Å². The van der Waals surface area contributed by atoms with E-state index in [1.165, 1.54) is 0 Å². The van der Waals surface area contributed by atoms with Crippen LogP contribution >= 0.6 is 15.9 Å². The van der Waals surface area contributed by atoms with Gasteiger partial charge in [-0.25, -0.2) is 0 Å². The van der Waals surface area contributed by atoms with Crippen LogP contribution in [0, 0.1) is 0 Å². The first-order chi connectivity index (χ1) is 8.72. The van der Waals surface area contributed by atoms with Crippen LogP contribution < -0.4 is 4.90 Å². The number of anilines is 1. The van der Waals surface area contributed by atoms with Crippen LogP contribution in [0.5, 0.6) is 0 Å². The molecular formula is C13H16BrNO3. The molecule has 5 heteroatoms. The third-order valence-corrected chi connectivity index (χ3v) is 3.63. The SMILES string of the molecule is O=C1COC(CCCO)CN1c1ccccc1Br. The Morgan fingerprint density at radius 3 is 2.94 bits per heavy atom. The van der Waals surface area contributed by atoms with Crippen molar-refractivity contribution >= 4 is 27.5 Å². The molecule has 1 atom stereocenters. The second kappa shape index (κ2) is 6.31. The van der Waals surface area contributed by atoms with E-state index in [0.717, 1.165) is 16.6 Å². The summed E-state index contributed by atoms with van der Waals surface area (Å²) in [4.78, 5) is 13.6. The topological polar surface area (TPSA) is 49.8 Å². The normalized spacial score (nSPS) is 20.2. The first-order valence-corrected chi connectivity index (χ1v) is 6.79. The standard InChI is InChI=1S/C13H16BrNO3/c14-11-5-1-2-6-12(11)15-8-10(4-3-7-16)18-9-13(15)17/h1-2,5-6,10,16H,3-4,7-9H2. The van der Waals surface area contributed by atoms with Gasteiger partial charge in [-0.2, -0.15) is 0 Å². The van der Waals surface area contributed by atoms with Crippen molar-refractivity contribution in [2.24, 2.45) is 0 Å². The molecule has 1 aromatic rings. The van der Waals surface area contributed by atoms with Crippen molar-refractivity contribution in [1.82, 2.24) is 0 Å². The molecule has 18 heavy (non-hydrogen) atoms. The summed E-state index contributed by atoms with van der Waals surface area (Å²) in [6.07, 6.45) is 1.47. The van der Waals surface area contributed by atoms with Gasteiger partial charge >= 0.3 is 0 Å². The number of rotatable bonds is 4. The molecule has 0 bridgehead atoms. The quantitative estimate of drug-likeness (QED) is 0.924. The fraction of sp³-hybridized carbons (Fsp3) is 0.462. The molecule has 2 rings (SSSR count). The zero-order valence-corrected chi connectivity index (χ0v) is 11.6. The number of hydrogen-bond acceptors (Lipinski definition) is 3. The van der Waals surface area contributed by atoms with E-state index in [1.807, 2.05) is 24.3 Å². The number of carbonyl (C=O) groups is 1. The van der Waals surface area contributed by atoms with Crippen LogP contribution in [0.2, 0.25) is 0 Å². The minimum absolute atomic E-state index is 0.00181. The molecule has 1 aromatic carbocycles. The zero-order valence-electron chi connectivity index (χ0n) is 10.0. The van der Waals surface area contributed by atoms with Crippen LogP contribution in [0.3, 0.4) is 0 Å². The maximum atomic E-state index is 11.9. The second-order valence-corrected chi connectivity index (χ2v) is 5.11. The largest absolute Gasteiger partial charge is 0.396 e. The number of amides is 1. The van der Waals surface area contributed by atoms with Crippen molar-refractivity contribution in [3.63, 3.8) is 0 Å². The van der Waals surface area contributed by atoms with Crippen molar-refractivity contribution in [1.29, 1.82) is 0 Å². The van der Waals surface area contributed by atoms with Crippen molar-refractivity contribution in [3.8, 4) is 0 Å². The van der Waals surface area contributed by atoms with Gasteiger partial charge in [-0.1, -0.05) is 12.1 Å². The number of aliphatic hydroxyl groups excluding tert-OH is 1. The molecule has 1 aliphatic rings. The van der Waals surface area contributed by atoms with Crippen LogP contribution in [0.25, 0.3) is 0 Å². The van der Waals surface area contributed by atoms with E-state index in [-0.39, 0.29) is 25.2 Å². The van der Waals surface area contributed by atoms with Gasteiger partial charge in [0.05, 0.1) is 18.3 Å². The highest BCUT2D eigenvalue weighted by Crippen LogP contribution is 2.28. The lowest BCUT2D eigenvalue weighted by Crippen LogP contribution is -2.47. The predicted octanol–water partition coefficient (Wildman–Crippen LogP) is 1.95.